The third kappa shape index (κ3) is 2.97. The Morgan fingerprint density at radius 1 is 1.16 bits per heavy atom. The Labute approximate surface area is 121 Å². The van der Waals surface area contributed by atoms with E-state index in [1.165, 1.54) is 5.56 Å². The first-order chi connectivity index (χ1) is 9.17. The van der Waals surface area contributed by atoms with Crippen LogP contribution in [0, 0.1) is 6.92 Å². The summed E-state index contributed by atoms with van der Waals surface area (Å²) in [5.41, 5.74) is 6.20. The van der Waals surface area contributed by atoms with Gasteiger partial charge in [0.15, 0.2) is 0 Å². The summed E-state index contributed by atoms with van der Waals surface area (Å²) in [6.07, 6.45) is 0. The monoisotopic (exact) mass is 320 g/mol. The van der Waals surface area contributed by atoms with Gasteiger partial charge in [0.2, 0.25) is 0 Å². The first-order valence-electron chi connectivity index (χ1n) is 6.02. The van der Waals surface area contributed by atoms with Gasteiger partial charge in [0.05, 0.1) is 13.2 Å². The fraction of sp³-hybridized carbons (Fsp3) is 0.200. The normalized spacial score (nSPS) is 12.2. The molecule has 2 aromatic carbocycles. The molecular weight excluding hydrogens is 304 g/mol. The van der Waals surface area contributed by atoms with Crippen molar-refractivity contribution in [3.05, 3.63) is 63.6 Å². The smallest absolute Gasteiger partial charge is 0.124 e. The van der Waals surface area contributed by atoms with Gasteiger partial charge in [-0.25, -0.2) is 5.43 Å². The predicted molar refractivity (Wildman–Crippen MR) is 81.0 cm³/mol. The van der Waals surface area contributed by atoms with E-state index < -0.39 is 0 Å². The van der Waals surface area contributed by atoms with Gasteiger partial charge >= 0.3 is 0 Å². The summed E-state index contributed by atoms with van der Waals surface area (Å²) < 4.78 is 6.47. The average Bonchev–Trinajstić information content (AvgIpc) is 2.42. The minimum atomic E-state index is -0.0933. The maximum atomic E-state index is 5.75. The molecule has 0 bridgehead atoms. The molecule has 4 heteroatoms. The third-order valence-electron chi connectivity index (χ3n) is 3.16. The van der Waals surface area contributed by atoms with Gasteiger partial charge in [-0.15, -0.1) is 0 Å². The van der Waals surface area contributed by atoms with Crippen LogP contribution in [-0.2, 0) is 0 Å². The molecule has 2 rings (SSSR count). The van der Waals surface area contributed by atoms with Crippen molar-refractivity contribution >= 4 is 15.9 Å². The second-order valence-corrected chi connectivity index (χ2v) is 5.26. The van der Waals surface area contributed by atoms with Crippen molar-refractivity contribution in [3.8, 4) is 5.75 Å². The van der Waals surface area contributed by atoms with Gasteiger partial charge in [0, 0.05) is 10.0 Å². The number of rotatable bonds is 4. The number of aryl methyl sites for hydroxylation is 1. The number of nitrogens with one attached hydrogen (secondary N) is 1. The highest BCUT2D eigenvalue weighted by Crippen LogP contribution is 2.31. The maximum Gasteiger partial charge on any atom is 0.124 e. The Morgan fingerprint density at radius 3 is 2.53 bits per heavy atom. The van der Waals surface area contributed by atoms with Crippen LogP contribution in [0.3, 0.4) is 0 Å². The van der Waals surface area contributed by atoms with Crippen LogP contribution < -0.4 is 16.0 Å². The molecule has 1 atom stereocenters. The fourth-order valence-corrected chi connectivity index (χ4v) is 2.69. The Hall–Kier alpha value is -1.36. The van der Waals surface area contributed by atoms with E-state index in [4.69, 9.17) is 10.6 Å². The van der Waals surface area contributed by atoms with Gasteiger partial charge in [-0.05, 0) is 36.2 Å². The Kier molecular flexibility index (Phi) is 4.58. The van der Waals surface area contributed by atoms with Gasteiger partial charge in [0.25, 0.3) is 0 Å². The molecule has 0 aliphatic carbocycles. The van der Waals surface area contributed by atoms with Crippen molar-refractivity contribution in [2.24, 2.45) is 5.84 Å². The van der Waals surface area contributed by atoms with Crippen molar-refractivity contribution in [1.29, 1.82) is 0 Å². The minimum Gasteiger partial charge on any atom is -0.496 e. The number of hydrazine groups is 1. The average molecular weight is 321 g/mol. The molecule has 19 heavy (non-hydrogen) atoms. The zero-order valence-corrected chi connectivity index (χ0v) is 12.6. The van der Waals surface area contributed by atoms with Gasteiger partial charge < -0.3 is 4.74 Å². The molecule has 2 aromatic rings. The molecule has 0 spiro atoms. The molecule has 1 unspecified atom stereocenters. The van der Waals surface area contributed by atoms with E-state index in [1.54, 1.807) is 7.11 Å². The molecule has 0 aromatic heterocycles. The molecule has 0 heterocycles. The maximum absolute atomic E-state index is 5.75. The van der Waals surface area contributed by atoms with Crippen LogP contribution in [0.2, 0.25) is 0 Å². The van der Waals surface area contributed by atoms with E-state index in [0.29, 0.717) is 0 Å². The number of nitrogens with two attached hydrogens (primary N) is 1. The lowest BCUT2D eigenvalue weighted by Crippen LogP contribution is -2.29. The lowest BCUT2D eigenvalue weighted by Gasteiger charge is -2.21. The summed E-state index contributed by atoms with van der Waals surface area (Å²) in [6.45, 7) is 2.07. The zero-order chi connectivity index (χ0) is 13.8. The van der Waals surface area contributed by atoms with Crippen LogP contribution in [0.4, 0.5) is 0 Å². The van der Waals surface area contributed by atoms with Crippen molar-refractivity contribution in [2.45, 2.75) is 13.0 Å². The first kappa shape index (κ1) is 14.1. The van der Waals surface area contributed by atoms with Gasteiger partial charge in [0.1, 0.15) is 5.75 Å². The number of benzene rings is 2. The Balaban J connectivity index is 2.50. The number of methoxy groups -OCH3 is 1. The van der Waals surface area contributed by atoms with Crippen molar-refractivity contribution < 1.29 is 4.74 Å². The highest BCUT2D eigenvalue weighted by molar-refractivity contribution is 9.10. The standard InChI is InChI=1S/C15H17BrN2O/c1-10-9-11(16)7-8-12(10)15(18-17)13-5-3-4-6-14(13)19-2/h3-9,15,18H,17H2,1-2H3. The van der Waals surface area contributed by atoms with E-state index >= 15 is 0 Å². The summed E-state index contributed by atoms with van der Waals surface area (Å²) in [4.78, 5) is 0. The molecule has 100 valence electrons. The van der Waals surface area contributed by atoms with Gasteiger partial charge in [-0.2, -0.15) is 0 Å². The summed E-state index contributed by atoms with van der Waals surface area (Å²) in [6, 6.07) is 14.0. The summed E-state index contributed by atoms with van der Waals surface area (Å²) >= 11 is 3.48. The third-order valence-corrected chi connectivity index (χ3v) is 3.65. The highest BCUT2D eigenvalue weighted by atomic mass is 79.9. The SMILES string of the molecule is COc1ccccc1C(NN)c1ccc(Br)cc1C. The van der Waals surface area contributed by atoms with E-state index in [1.807, 2.05) is 30.3 Å². The van der Waals surface area contributed by atoms with Crippen molar-refractivity contribution in [1.82, 2.24) is 5.43 Å². The second-order valence-electron chi connectivity index (χ2n) is 4.34. The topological polar surface area (TPSA) is 47.3 Å². The lowest BCUT2D eigenvalue weighted by molar-refractivity contribution is 0.404. The summed E-state index contributed by atoms with van der Waals surface area (Å²) in [7, 11) is 1.67. The van der Waals surface area contributed by atoms with E-state index in [0.717, 1.165) is 21.3 Å². The van der Waals surface area contributed by atoms with Crippen LogP contribution in [0.25, 0.3) is 0 Å². The molecule has 0 amide bonds. The van der Waals surface area contributed by atoms with Crippen LogP contribution in [0.1, 0.15) is 22.7 Å². The molecule has 3 nitrogen and oxygen atoms in total. The zero-order valence-electron chi connectivity index (χ0n) is 11.0. The molecule has 0 saturated carbocycles. The fourth-order valence-electron chi connectivity index (χ4n) is 2.22. The minimum absolute atomic E-state index is 0.0933. The largest absolute Gasteiger partial charge is 0.496 e. The van der Waals surface area contributed by atoms with Crippen LogP contribution in [-0.4, -0.2) is 7.11 Å². The van der Waals surface area contributed by atoms with E-state index in [-0.39, 0.29) is 6.04 Å². The predicted octanol–water partition coefficient (Wildman–Crippen LogP) is 3.32. The van der Waals surface area contributed by atoms with Crippen molar-refractivity contribution in [2.75, 3.05) is 7.11 Å². The molecule has 0 aliphatic rings. The Morgan fingerprint density at radius 2 is 1.89 bits per heavy atom. The number of halogens is 1. The highest BCUT2D eigenvalue weighted by Gasteiger charge is 2.18. The molecule has 0 fully saturated rings. The number of hydrogen-bond acceptors (Lipinski definition) is 3. The number of hydrogen-bond donors (Lipinski definition) is 2. The van der Waals surface area contributed by atoms with Gasteiger partial charge in [-0.1, -0.05) is 40.2 Å². The molecular formula is C15H17BrN2O. The first-order valence-corrected chi connectivity index (χ1v) is 6.81. The van der Waals surface area contributed by atoms with Crippen LogP contribution in [0.15, 0.2) is 46.9 Å². The summed E-state index contributed by atoms with van der Waals surface area (Å²) in [5.74, 6) is 6.58. The summed E-state index contributed by atoms with van der Waals surface area (Å²) in [5, 5.41) is 0. The van der Waals surface area contributed by atoms with E-state index in [2.05, 4.69) is 40.4 Å². The second kappa shape index (κ2) is 6.19. The number of ether oxygens (including phenoxy) is 1. The van der Waals surface area contributed by atoms with E-state index in [9.17, 15) is 0 Å². The van der Waals surface area contributed by atoms with Crippen LogP contribution >= 0.6 is 15.9 Å². The lowest BCUT2D eigenvalue weighted by atomic mass is 9.95. The number of para-hydroxylation sites is 1. The molecule has 0 saturated heterocycles. The molecule has 0 aliphatic heterocycles. The quantitative estimate of drug-likeness (QED) is 0.671. The molecule has 3 N–H and O–H groups in total. The molecule has 0 radical (unpaired) electrons. The Bertz CT molecular complexity index is 572. The van der Waals surface area contributed by atoms with Gasteiger partial charge in [-0.3, -0.25) is 5.84 Å². The van der Waals surface area contributed by atoms with Crippen LogP contribution in [0.5, 0.6) is 5.75 Å². The van der Waals surface area contributed by atoms with Crippen molar-refractivity contribution in [3.63, 3.8) is 0 Å².